The molecular formula is C35H38N6O3. The maximum Gasteiger partial charge on any atom is 0.254 e. The zero-order chi connectivity index (χ0) is 30.5. The Labute approximate surface area is 257 Å². The van der Waals surface area contributed by atoms with Gasteiger partial charge in [-0.3, -0.25) is 19.7 Å². The number of hydrogen-bond acceptors (Lipinski definition) is 7. The molecule has 6 rings (SSSR count). The number of hydrogen-bond donors (Lipinski definition) is 2. The van der Waals surface area contributed by atoms with E-state index < -0.39 is 0 Å². The van der Waals surface area contributed by atoms with Crippen LogP contribution in [-0.4, -0.2) is 58.8 Å². The van der Waals surface area contributed by atoms with Gasteiger partial charge in [-0.25, -0.2) is 9.97 Å². The third-order valence-corrected chi connectivity index (χ3v) is 8.94. The summed E-state index contributed by atoms with van der Waals surface area (Å²) in [5, 5.41) is 8.20. The Hall–Kier alpha value is -4.63. The van der Waals surface area contributed by atoms with Crippen molar-refractivity contribution in [1.29, 1.82) is 0 Å². The number of nitrogens with zero attached hydrogens (tertiary/aromatic N) is 4. The maximum absolute atomic E-state index is 12.9. The molecule has 1 saturated heterocycles. The molecule has 0 radical (unpaired) electrons. The van der Waals surface area contributed by atoms with Crippen LogP contribution in [0.3, 0.4) is 0 Å². The van der Waals surface area contributed by atoms with Crippen LogP contribution in [0.2, 0.25) is 0 Å². The van der Waals surface area contributed by atoms with Crippen molar-refractivity contribution in [3.63, 3.8) is 0 Å². The average Bonchev–Trinajstić information content (AvgIpc) is 3.39. The van der Waals surface area contributed by atoms with Crippen LogP contribution in [-0.2, 0) is 22.7 Å². The number of imide groups is 1. The molecule has 1 aromatic heterocycles. The molecule has 1 fully saturated rings. The van der Waals surface area contributed by atoms with Crippen LogP contribution in [0.4, 0.5) is 5.95 Å². The fourth-order valence-corrected chi connectivity index (χ4v) is 6.35. The molecule has 2 aliphatic rings. The summed E-state index contributed by atoms with van der Waals surface area (Å²) in [4.78, 5) is 48.6. The van der Waals surface area contributed by atoms with Gasteiger partial charge in [-0.1, -0.05) is 54.6 Å². The fourth-order valence-electron chi connectivity index (χ4n) is 6.35. The molecule has 2 N–H and O–H groups in total. The van der Waals surface area contributed by atoms with E-state index in [9.17, 15) is 14.4 Å². The highest BCUT2D eigenvalue weighted by atomic mass is 16.2. The van der Waals surface area contributed by atoms with E-state index in [1.807, 2.05) is 36.4 Å². The van der Waals surface area contributed by atoms with E-state index in [4.69, 9.17) is 9.97 Å². The molecule has 1 atom stereocenters. The summed E-state index contributed by atoms with van der Waals surface area (Å²) in [6.45, 7) is 6.05. The number of amides is 3. The first-order valence-electron chi connectivity index (χ1n) is 15.4. The molecule has 226 valence electrons. The van der Waals surface area contributed by atoms with Gasteiger partial charge in [0.1, 0.15) is 0 Å². The lowest BCUT2D eigenvalue weighted by molar-refractivity contribution is -0.125. The molecule has 0 saturated carbocycles. The summed E-state index contributed by atoms with van der Waals surface area (Å²) < 4.78 is 0. The van der Waals surface area contributed by atoms with Crippen LogP contribution in [0.25, 0.3) is 21.9 Å². The summed E-state index contributed by atoms with van der Waals surface area (Å²) in [6, 6.07) is 20.7. The Bertz CT molecular complexity index is 1640. The van der Waals surface area contributed by atoms with Gasteiger partial charge in [-0.2, -0.15) is 0 Å². The minimum Gasteiger partial charge on any atom is -0.341 e. The number of carbonyl (C=O) groups is 3. The van der Waals surface area contributed by atoms with E-state index in [0.717, 1.165) is 72.8 Å². The Balaban J connectivity index is 0.963. The molecular weight excluding hydrogens is 552 g/mol. The van der Waals surface area contributed by atoms with Crippen molar-refractivity contribution < 1.29 is 14.4 Å². The van der Waals surface area contributed by atoms with Crippen LogP contribution < -0.4 is 15.5 Å². The lowest BCUT2D eigenvalue weighted by Crippen LogP contribution is -2.38. The van der Waals surface area contributed by atoms with Crippen molar-refractivity contribution in [3.8, 4) is 11.1 Å². The van der Waals surface area contributed by atoms with Gasteiger partial charge in [-0.15, -0.1) is 0 Å². The molecule has 4 aromatic rings. The summed E-state index contributed by atoms with van der Waals surface area (Å²) >= 11 is 0. The van der Waals surface area contributed by atoms with Crippen LogP contribution >= 0.6 is 0 Å². The molecule has 0 bridgehead atoms. The molecule has 1 unspecified atom stereocenters. The first kappa shape index (κ1) is 29.4. The largest absolute Gasteiger partial charge is 0.341 e. The van der Waals surface area contributed by atoms with E-state index in [1.54, 1.807) is 0 Å². The van der Waals surface area contributed by atoms with E-state index in [2.05, 4.69) is 64.1 Å². The zero-order valence-electron chi connectivity index (χ0n) is 25.0. The quantitative estimate of drug-likeness (QED) is 0.244. The van der Waals surface area contributed by atoms with Crippen molar-refractivity contribution in [2.75, 3.05) is 24.5 Å². The molecule has 3 aromatic carbocycles. The Morgan fingerprint density at radius 3 is 2.59 bits per heavy atom. The second-order valence-electron chi connectivity index (χ2n) is 11.9. The molecule has 3 amide bonds. The highest BCUT2D eigenvalue weighted by Crippen LogP contribution is 2.29. The number of aromatic nitrogens is 2. The molecule has 44 heavy (non-hydrogen) atoms. The number of fused-ring (bicyclic) bond motifs is 2. The van der Waals surface area contributed by atoms with Gasteiger partial charge >= 0.3 is 0 Å². The van der Waals surface area contributed by atoms with E-state index in [-0.39, 0.29) is 24.3 Å². The van der Waals surface area contributed by atoms with Crippen molar-refractivity contribution >= 4 is 34.9 Å². The predicted octanol–water partition coefficient (Wildman–Crippen LogP) is 4.70. The van der Waals surface area contributed by atoms with Crippen molar-refractivity contribution in [3.05, 3.63) is 89.7 Å². The Morgan fingerprint density at radius 1 is 1.02 bits per heavy atom. The first-order chi connectivity index (χ1) is 21.5. The second kappa shape index (κ2) is 13.3. The van der Waals surface area contributed by atoms with Gasteiger partial charge in [0.15, 0.2) is 0 Å². The topological polar surface area (TPSA) is 108 Å². The third kappa shape index (κ3) is 6.48. The fraction of sp³-hybridized carbons (Fsp3) is 0.343. The monoisotopic (exact) mass is 590 g/mol. The molecule has 9 heteroatoms. The summed E-state index contributed by atoms with van der Waals surface area (Å²) in [5.74, 6) is 1.06. The van der Waals surface area contributed by atoms with Gasteiger partial charge in [0, 0.05) is 62.2 Å². The van der Waals surface area contributed by atoms with Crippen molar-refractivity contribution in [2.24, 2.45) is 5.92 Å². The molecule has 3 heterocycles. The average molecular weight is 591 g/mol. The lowest BCUT2D eigenvalue weighted by Gasteiger charge is -2.32. The molecule has 2 aliphatic heterocycles. The van der Waals surface area contributed by atoms with E-state index >= 15 is 0 Å². The van der Waals surface area contributed by atoms with Crippen LogP contribution in [0.5, 0.6) is 0 Å². The van der Waals surface area contributed by atoms with Gasteiger partial charge in [-0.05, 0) is 72.2 Å². The third-order valence-electron chi connectivity index (χ3n) is 8.94. The molecule has 0 aliphatic carbocycles. The summed E-state index contributed by atoms with van der Waals surface area (Å²) in [6.07, 6.45) is 7.15. The molecule has 9 nitrogen and oxygen atoms in total. The summed E-state index contributed by atoms with van der Waals surface area (Å²) in [7, 11) is 0. The number of carbonyl (C=O) groups excluding carboxylic acids is 3. The van der Waals surface area contributed by atoms with Crippen molar-refractivity contribution in [2.45, 2.75) is 51.7 Å². The number of benzene rings is 3. The predicted molar refractivity (Wildman–Crippen MR) is 171 cm³/mol. The number of nitrogens with one attached hydrogen (secondary N) is 2. The van der Waals surface area contributed by atoms with Crippen LogP contribution in [0.15, 0.2) is 73.1 Å². The maximum atomic E-state index is 12.9. The Morgan fingerprint density at radius 2 is 1.80 bits per heavy atom. The number of anilines is 1. The van der Waals surface area contributed by atoms with E-state index in [1.165, 1.54) is 10.8 Å². The SMILES string of the molecule is CC(CCC(=O)NC=O)N1Cc2cc(CNCC3CCN(c4ncc(-c5cccc6ccccc56)cn4)CC3)ccc2C1=O. The smallest absolute Gasteiger partial charge is 0.254 e. The highest BCUT2D eigenvalue weighted by Gasteiger charge is 2.31. The van der Waals surface area contributed by atoms with E-state index in [0.29, 0.717) is 25.3 Å². The standard InChI is InChI=1S/C35H38N6O3/c1-24(9-12-33(43)39-23-42)41-22-28-17-26(10-11-32(28)34(41)44)19-36-18-25-13-15-40(16-14-25)35-37-20-29(21-38-35)31-8-4-6-27-5-2-3-7-30(27)31/h2-8,10-11,17,20-21,23-25,36H,9,12-16,18-19,22H2,1H3,(H,39,42,43). The summed E-state index contributed by atoms with van der Waals surface area (Å²) in [5.41, 5.74) is 5.10. The van der Waals surface area contributed by atoms with Crippen LogP contribution in [0, 0.1) is 5.92 Å². The Kier molecular flexibility index (Phi) is 8.93. The number of piperidine rings is 1. The first-order valence-corrected chi connectivity index (χ1v) is 15.4. The van der Waals surface area contributed by atoms with Gasteiger partial charge in [0.25, 0.3) is 5.91 Å². The molecule has 0 spiro atoms. The van der Waals surface area contributed by atoms with Crippen molar-refractivity contribution in [1.82, 2.24) is 25.5 Å². The zero-order valence-corrected chi connectivity index (χ0v) is 25.0. The van der Waals surface area contributed by atoms with Crippen LogP contribution in [0.1, 0.15) is 54.1 Å². The van der Waals surface area contributed by atoms with Gasteiger partial charge in [0.2, 0.25) is 18.3 Å². The minimum atomic E-state index is -0.324. The minimum absolute atomic E-state index is 0.00162. The van der Waals surface area contributed by atoms with Gasteiger partial charge < -0.3 is 15.1 Å². The van der Waals surface area contributed by atoms with Gasteiger partial charge in [0.05, 0.1) is 0 Å². The lowest BCUT2D eigenvalue weighted by atomic mass is 9.97. The normalized spacial score (nSPS) is 15.8. The second-order valence-corrected chi connectivity index (χ2v) is 11.9. The number of rotatable bonds is 11. The highest BCUT2D eigenvalue weighted by molar-refractivity contribution is 5.99.